The summed E-state index contributed by atoms with van der Waals surface area (Å²) in [4.78, 5) is 13.2. The lowest BCUT2D eigenvalue weighted by Gasteiger charge is -2.54. The minimum Gasteiger partial charge on any atom is -0.417 e. The largest absolute Gasteiger partial charge is 0.460 e. The Kier molecular flexibility index (Phi) is 12.7. The van der Waals surface area contributed by atoms with Crippen LogP contribution in [-0.4, -0.2) is 56.7 Å². The number of hydrogen-bond donors (Lipinski definition) is 0. The summed E-state index contributed by atoms with van der Waals surface area (Å²) < 4.78 is 182. The highest BCUT2D eigenvalue weighted by Gasteiger charge is 2.90. The molecule has 0 unspecified atom stereocenters. The van der Waals surface area contributed by atoms with Crippen LogP contribution in [0, 0.1) is 40.2 Å². The molecule has 0 N–H and O–H groups in total. The van der Waals surface area contributed by atoms with Crippen LogP contribution in [0.1, 0.15) is 59.1 Å². The molecule has 264 valence electrons. The predicted octanol–water partition coefficient (Wildman–Crippen LogP) is 9.15. The Morgan fingerprint density at radius 1 is 0.870 bits per heavy atom. The van der Waals surface area contributed by atoms with E-state index in [2.05, 4.69) is 5.92 Å². The first-order valence-electron chi connectivity index (χ1n) is 13.5. The van der Waals surface area contributed by atoms with Gasteiger partial charge in [-0.3, -0.25) is 9.36 Å². The van der Waals surface area contributed by atoms with Crippen molar-refractivity contribution >= 4 is 32.4 Å². The van der Waals surface area contributed by atoms with E-state index in [1.165, 1.54) is 4.57 Å². The van der Waals surface area contributed by atoms with Crippen LogP contribution in [-0.2, 0) is 16.4 Å². The maximum absolute atomic E-state index is 14.2. The molecule has 0 bridgehead atoms. The van der Waals surface area contributed by atoms with Crippen molar-refractivity contribution in [1.29, 1.82) is 0 Å². The van der Waals surface area contributed by atoms with Gasteiger partial charge in [0, 0.05) is 24.0 Å². The second-order valence-corrected chi connectivity index (χ2v) is 14.3. The first-order chi connectivity index (χ1) is 20.4. The molecule has 46 heavy (non-hydrogen) atoms. The van der Waals surface area contributed by atoms with Crippen LogP contribution in [0.5, 0.6) is 0 Å². The van der Waals surface area contributed by atoms with E-state index in [0.717, 1.165) is 0 Å². The van der Waals surface area contributed by atoms with Crippen LogP contribution in [0.4, 0.5) is 57.1 Å². The maximum atomic E-state index is 14.2. The van der Waals surface area contributed by atoms with E-state index in [-0.39, 0.29) is 30.5 Å². The minimum atomic E-state index is -7.93. The van der Waals surface area contributed by atoms with Gasteiger partial charge < -0.3 is 4.43 Å². The molecule has 18 heteroatoms. The normalized spacial score (nSPS) is 14.7. The fraction of sp³-hybridized carbons (Fsp3) is 0.750. The number of hydrogen-bond acceptors (Lipinski definition) is 2. The number of rotatable bonds is 15. The predicted molar refractivity (Wildman–Crippen MR) is 154 cm³/mol. The average molecular weight is 818 g/mol. The Balaban J connectivity index is 3.32. The molecular formula is C28H33F13INO2Si. The molecule has 0 amide bonds. The van der Waals surface area contributed by atoms with E-state index in [1.807, 2.05) is 50.3 Å². The summed E-state index contributed by atoms with van der Waals surface area (Å²) in [6, 6.07) is 0.602. The molecule has 1 heterocycles. The molecule has 0 aliphatic heterocycles. The summed E-state index contributed by atoms with van der Waals surface area (Å²) in [6.07, 6.45) is -4.39. The highest BCUT2D eigenvalue weighted by atomic mass is 127. The third-order valence-electron chi connectivity index (χ3n) is 8.20. The zero-order chi connectivity index (χ0) is 36.7. The molecule has 0 fully saturated rings. The fourth-order valence-corrected chi connectivity index (χ4v) is 7.92. The quantitative estimate of drug-likeness (QED) is 0.0442. The number of nitrogens with zero attached hydrogens (tertiary/aromatic N) is 1. The molecule has 0 saturated heterocycles. The van der Waals surface area contributed by atoms with Crippen molar-refractivity contribution in [2.75, 3.05) is 6.61 Å². The van der Waals surface area contributed by atoms with Gasteiger partial charge in [0.25, 0.3) is 5.56 Å². The van der Waals surface area contributed by atoms with Gasteiger partial charge in [-0.25, -0.2) is 0 Å². The summed E-state index contributed by atoms with van der Waals surface area (Å²) in [7, 11) is -1.14. The third kappa shape index (κ3) is 6.84. The summed E-state index contributed by atoms with van der Waals surface area (Å²) in [5, 5.41) is 0. The number of alkyl halides is 13. The molecule has 0 aromatic carbocycles. The van der Waals surface area contributed by atoms with Crippen LogP contribution in [0.15, 0.2) is 10.9 Å². The van der Waals surface area contributed by atoms with Gasteiger partial charge in [-0.2, -0.15) is 57.1 Å². The molecule has 0 spiro atoms. The van der Waals surface area contributed by atoms with Gasteiger partial charge in [0.15, 0.2) is 0 Å². The standard InChI is InChI=1S/C28H33F13INO2Si/c1-9-11-43-19(42)13-18(17(6)20(43)44)23(15(2)3,16(4)5)21(7,8)14-45-46-12-10-22(29,30)24(31,32)25(33,34)26(35,36)27(37,38)28(39,40)41/h1,13,15-16H,10-12,14H2,2-8H3. The summed E-state index contributed by atoms with van der Waals surface area (Å²) in [5.74, 6) is -35.0. The molecule has 1 aromatic heterocycles. The smallest absolute Gasteiger partial charge is 0.417 e. The molecule has 0 atom stereocenters. The average Bonchev–Trinajstić information content (AvgIpc) is 2.87. The summed E-state index contributed by atoms with van der Waals surface area (Å²) >= 11 is 1.95. The molecule has 0 saturated carbocycles. The fourth-order valence-electron chi connectivity index (χ4n) is 6.19. The van der Waals surface area contributed by atoms with E-state index >= 15 is 0 Å². The van der Waals surface area contributed by atoms with E-state index in [9.17, 15) is 61.9 Å². The van der Waals surface area contributed by atoms with Gasteiger partial charge in [-0.15, -0.1) is 6.42 Å². The van der Waals surface area contributed by atoms with Gasteiger partial charge in [-0.05, 0) is 64.4 Å². The lowest BCUT2D eigenvalue weighted by atomic mass is 9.51. The van der Waals surface area contributed by atoms with E-state index in [0.29, 0.717) is 14.8 Å². The molecule has 0 aliphatic rings. The first kappa shape index (κ1) is 42.5. The van der Waals surface area contributed by atoms with Gasteiger partial charge >= 0.3 is 35.8 Å². The van der Waals surface area contributed by atoms with Crippen LogP contribution in [0.2, 0.25) is 6.04 Å². The van der Waals surface area contributed by atoms with E-state index in [4.69, 9.17) is 10.8 Å². The van der Waals surface area contributed by atoms with Gasteiger partial charge in [0.05, 0.1) is 10.2 Å². The molecule has 0 aliphatic carbocycles. The van der Waals surface area contributed by atoms with E-state index in [1.54, 1.807) is 26.8 Å². The van der Waals surface area contributed by atoms with Gasteiger partial charge in [0.2, 0.25) is 9.76 Å². The Hall–Kier alpha value is -1.49. The van der Waals surface area contributed by atoms with Crippen molar-refractivity contribution in [2.45, 2.75) is 109 Å². The summed E-state index contributed by atoms with van der Waals surface area (Å²) in [5.41, 5.74) is -1.19. The Bertz CT molecular complexity index is 1320. The zero-order valence-corrected chi connectivity index (χ0v) is 28.9. The lowest BCUT2D eigenvalue weighted by Crippen LogP contribution is -2.70. The van der Waals surface area contributed by atoms with Crippen LogP contribution < -0.4 is 5.56 Å². The van der Waals surface area contributed by atoms with Crippen molar-refractivity contribution in [3.8, 4) is 12.3 Å². The van der Waals surface area contributed by atoms with Crippen molar-refractivity contribution < 1.29 is 61.5 Å². The third-order valence-corrected chi connectivity index (χ3v) is 9.90. The van der Waals surface area contributed by atoms with Gasteiger partial charge in [0.1, 0.15) is 0 Å². The van der Waals surface area contributed by atoms with Crippen molar-refractivity contribution in [1.82, 2.24) is 4.57 Å². The molecule has 1 aromatic rings. The zero-order valence-electron chi connectivity index (χ0n) is 25.7. The topological polar surface area (TPSA) is 31.2 Å². The molecule has 1 rings (SSSR count). The van der Waals surface area contributed by atoms with Crippen molar-refractivity contribution in [3.05, 3.63) is 31.2 Å². The SMILES string of the molecule is C#CCn1c(I)cc(C(C(C)C)(C(C)C)C(C)(C)CO[Si]CCC(F)(F)C(F)(F)C(F)(F)C(F)(F)C(F)(F)C(F)(F)F)c(C)c1=O. The highest BCUT2D eigenvalue weighted by Crippen LogP contribution is 2.61. The molecular weight excluding hydrogens is 784 g/mol. The van der Waals surface area contributed by atoms with Crippen LogP contribution >= 0.6 is 22.6 Å². The molecule has 2 radical (unpaired) electrons. The number of aromatic nitrogens is 1. The van der Waals surface area contributed by atoms with Crippen LogP contribution in [0.25, 0.3) is 0 Å². The Morgan fingerprint density at radius 2 is 1.33 bits per heavy atom. The lowest BCUT2D eigenvalue weighted by molar-refractivity contribution is -0.439. The van der Waals surface area contributed by atoms with E-state index < -0.39 is 68.8 Å². The van der Waals surface area contributed by atoms with Crippen molar-refractivity contribution in [2.24, 2.45) is 17.3 Å². The van der Waals surface area contributed by atoms with Gasteiger partial charge in [-0.1, -0.05) is 47.5 Å². The Labute approximate surface area is 274 Å². The first-order valence-corrected chi connectivity index (χ1v) is 15.7. The van der Waals surface area contributed by atoms with Crippen molar-refractivity contribution in [3.63, 3.8) is 0 Å². The monoisotopic (exact) mass is 817 g/mol. The maximum Gasteiger partial charge on any atom is 0.460 e. The second-order valence-electron chi connectivity index (χ2n) is 12.1. The number of pyridine rings is 1. The number of terminal acetylenes is 1. The Morgan fingerprint density at radius 3 is 1.74 bits per heavy atom. The summed E-state index contributed by atoms with van der Waals surface area (Å²) in [6.45, 7) is 12.2. The minimum absolute atomic E-state index is 0.000217. The number of halogens is 14. The van der Waals surface area contributed by atoms with Crippen LogP contribution in [0.3, 0.4) is 0 Å². The molecule has 3 nitrogen and oxygen atoms in total. The second kappa shape index (κ2) is 13.8. The highest BCUT2D eigenvalue weighted by molar-refractivity contribution is 14.1.